The molecule has 1 aliphatic rings. The summed E-state index contributed by atoms with van der Waals surface area (Å²) in [6, 6.07) is 11.7. The van der Waals surface area contributed by atoms with Gasteiger partial charge in [-0.3, -0.25) is 9.69 Å². The molecule has 124 valence electrons. The molecule has 0 saturated carbocycles. The van der Waals surface area contributed by atoms with Gasteiger partial charge < -0.3 is 9.73 Å². The topological polar surface area (TPSA) is 45.5 Å². The van der Waals surface area contributed by atoms with Gasteiger partial charge in [-0.05, 0) is 57.1 Å². The van der Waals surface area contributed by atoms with E-state index in [2.05, 4.69) is 10.2 Å². The summed E-state index contributed by atoms with van der Waals surface area (Å²) in [6.45, 7) is 4.68. The lowest BCUT2D eigenvalue weighted by molar-refractivity contribution is 0.0933. The molecule has 1 fully saturated rings. The fourth-order valence-corrected chi connectivity index (χ4v) is 3.02. The Kier molecular flexibility index (Phi) is 6.25. The monoisotopic (exact) mass is 334 g/mol. The van der Waals surface area contributed by atoms with E-state index < -0.39 is 0 Å². The summed E-state index contributed by atoms with van der Waals surface area (Å²) in [5.41, 5.74) is 1.80. The van der Waals surface area contributed by atoms with Gasteiger partial charge in [-0.2, -0.15) is 0 Å². The minimum absolute atomic E-state index is 0. The predicted octanol–water partition coefficient (Wildman–Crippen LogP) is 3.58. The van der Waals surface area contributed by atoms with Crippen molar-refractivity contribution in [1.82, 2.24) is 10.2 Å². The van der Waals surface area contributed by atoms with Crippen LogP contribution in [0.4, 0.5) is 0 Å². The number of nitrogens with one attached hydrogen (secondary N) is 1. The van der Waals surface area contributed by atoms with Crippen LogP contribution in [0.5, 0.6) is 0 Å². The number of carbonyl (C=O) groups is 1. The quantitative estimate of drug-likeness (QED) is 0.909. The second-order valence-corrected chi connectivity index (χ2v) is 5.85. The molecule has 5 heteroatoms. The van der Waals surface area contributed by atoms with Crippen molar-refractivity contribution < 1.29 is 9.21 Å². The van der Waals surface area contributed by atoms with E-state index in [1.807, 2.05) is 43.3 Å². The number of hydrogen-bond acceptors (Lipinski definition) is 3. The van der Waals surface area contributed by atoms with E-state index in [1.54, 1.807) is 6.26 Å². The fraction of sp³-hybridized carbons (Fsp3) is 0.389. The fourth-order valence-electron chi connectivity index (χ4n) is 3.02. The Morgan fingerprint density at radius 2 is 2.04 bits per heavy atom. The molecule has 0 spiro atoms. The second kappa shape index (κ2) is 8.18. The van der Waals surface area contributed by atoms with Crippen molar-refractivity contribution in [2.45, 2.75) is 25.8 Å². The molecule has 1 amide bonds. The van der Waals surface area contributed by atoms with Gasteiger partial charge in [-0.25, -0.2) is 0 Å². The Balaban J connectivity index is 0.00000192. The first-order valence-electron chi connectivity index (χ1n) is 7.86. The molecule has 1 aromatic carbocycles. The van der Waals surface area contributed by atoms with Gasteiger partial charge in [-0.15, -0.1) is 12.4 Å². The normalized spacial score (nSPS) is 15.9. The van der Waals surface area contributed by atoms with E-state index in [-0.39, 0.29) is 24.4 Å². The summed E-state index contributed by atoms with van der Waals surface area (Å²) in [7, 11) is 0. The second-order valence-electron chi connectivity index (χ2n) is 5.85. The Bertz CT molecular complexity index is 622. The van der Waals surface area contributed by atoms with Crippen LogP contribution in [-0.4, -0.2) is 30.4 Å². The Morgan fingerprint density at radius 1 is 1.26 bits per heavy atom. The predicted molar refractivity (Wildman–Crippen MR) is 93.0 cm³/mol. The highest BCUT2D eigenvalue weighted by molar-refractivity contribution is 5.94. The largest absolute Gasteiger partial charge is 0.468 e. The number of amides is 1. The van der Waals surface area contributed by atoms with E-state index in [4.69, 9.17) is 4.42 Å². The van der Waals surface area contributed by atoms with Gasteiger partial charge in [0.25, 0.3) is 5.91 Å². The molecule has 1 unspecified atom stereocenters. The molecule has 0 bridgehead atoms. The van der Waals surface area contributed by atoms with Crippen molar-refractivity contribution in [1.29, 1.82) is 0 Å². The van der Waals surface area contributed by atoms with Crippen LogP contribution in [0.1, 0.15) is 40.6 Å². The van der Waals surface area contributed by atoms with Crippen molar-refractivity contribution in [3.05, 3.63) is 59.5 Å². The molecule has 2 aromatic rings. The first-order valence-corrected chi connectivity index (χ1v) is 7.86. The van der Waals surface area contributed by atoms with E-state index in [1.165, 1.54) is 12.8 Å². The van der Waals surface area contributed by atoms with Gasteiger partial charge in [0.1, 0.15) is 5.76 Å². The maximum atomic E-state index is 12.3. The molecule has 0 radical (unpaired) electrons. The first kappa shape index (κ1) is 17.6. The molecule has 2 heterocycles. The lowest BCUT2D eigenvalue weighted by atomic mass is 10.1. The van der Waals surface area contributed by atoms with Crippen LogP contribution in [0.15, 0.2) is 47.1 Å². The van der Waals surface area contributed by atoms with E-state index in [9.17, 15) is 4.79 Å². The number of likely N-dealkylation sites (tertiary alicyclic amines) is 1. The number of carbonyl (C=O) groups excluding carboxylic acids is 1. The smallest absolute Gasteiger partial charge is 0.251 e. The number of halogens is 1. The first-order chi connectivity index (χ1) is 10.7. The van der Waals surface area contributed by atoms with E-state index >= 15 is 0 Å². The number of benzene rings is 1. The molecule has 23 heavy (non-hydrogen) atoms. The number of aryl methyl sites for hydroxylation is 1. The van der Waals surface area contributed by atoms with Crippen LogP contribution in [0.3, 0.4) is 0 Å². The van der Waals surface area contributed by atoms with Gasteiger partial charge >= 0.3 is 0 Å². The lowest BCUT2D eigenvalue weighted by Crippen LogP contribution is -2.36. The summed E-state index contributed by atoms with van der Waals surface area (Å²) in [4.78, 5) is 14.7. The van der Waals surface area contributed by atoms with Crippen molar-refractivity contribution in [3.63, 3.8) is 0 Å². The van der Waals surface area contributed by atoms with Crippen molar-refractivity contribution in [2.75, 3.05) is 19.6 Å². The van der Waals surface area contributed by atoms with Gasteiger partial charge in [0, 0.05) is 12.1 Å². The SMILES string of the molecule is Cc1cccc(C(=O)NCC(c2ccco2)N2CCCC2)c1.Cl. The third-order valence-corrected chi connectivity index (χ3v) is 4.19. The standard InChI is InChI=1S/C18H22N2O2.ClH/c1-14-6-4-7-15(12-14)18(21)19-13-16(17-8-5-11-22-17)20-9-2-3-10-20;/h4-8,11-12,16H,2-3,9-10,13H2,1H3,(H,19,21);1H. The number of furan rings is 1. The Morgan fingerprint density at radius 3 is 2.70 bits per heavy atom. The number of nitrogens with zero attached hydrogens (tertiary/aromatic N) is 1. The van der Waals surface area contributed by atoms with E-state index in [0.29, 0.717) is 12.1 Å². The van der Waals surface area contributed by atoms with Crippen LogP contribution >= 0.6 is 12.4 Å². The van der Waals surface area contributed by atoms with Crippen molar-refractivity contribution in [2.24, 2.45) is 0 Å². The summed E-state index contributed by atoms with van der Waals surface area (Å²) in [5.74, 6) is 0.894. The molecule has 1 atom stereocenters. The lowest BCUT2D eigenvalue weighted by Gasteiger charge is -2.26. The minimum Gasteiger partial charge on any atom is -0.468 e. The molecule has 1 N–H and O–H groups in total. The highest BCUT2D eigenvalue weighted by Gasteiger charge is 2.26. The summed E-state index contributed by atoms with van der Waals surface area (Å²) >= 11 is 0. The molecule has 1 saturated heterocycles. The summed E-state index contributed by atoms with van der Waals surface area (Å²) < 4.78 is 5.57. The minimum atomic E-state index is -0.0283. The highest BCUT2D eigenvalue weighted by atomic mass is 35.5. The molecule has 4 nitrogen and oxygen atoms in total. The van der Waals surface area contributed by atoms with Gasteiger partial charge in [-0.1, -0.05) is 17.7 Å². The third-order valence-electron chi connectivity index (χ3n) is 4.19. The van der Waals surface area contributed by atoms with E-state index in [0.717, 1.165) is 24.4 Å². The Labute approximate surface area is 143 Å². The van der Waals surface area contributed by atoms with Gasteiger partial charge in [0.05, 0.1) is 12.3 Å². The third kappa shape index (κ3) is 4.36. The zero-order chi connectivity index (χ0) is 15.4. The maximum Gasteiger partial charge on any atom is 0.251 e. The molecule has 1 aliphatic heterocycles. The van der Waals surface area contributed by atoms with Gasteiger partial charge in [0.2, 0.25) is 0 Å². The number of hydrogen-bond donors (Lipinski definition) is 1. The van der Waals surface area contributed by atoms with Crippen molar-refractivity contribution >= 4 is 18.3 Å². The molecule has 1 aromatic heterocycles. The van der Waals surface area contributed by atoms with Crippen LogP contribution in [-0.2, 0) is 0 Å². The Hall–Kier alpha value is -1.78. The van der Waals surface area contributed by atoms with Crippen LogP contribution in [0, 0.1) is 6.92 Å². The molecular weight excluding hydrogens is 312 g/mol. The highest BCUT2D eigenvalue weighted by Crippen LogP contribution is 2.24. The zero-order valence-electron chi connectivity index (χ0n) is 13.3. The zero-order valence-corrected chi connectivity index (χ0v) is 14.1. The van der Waals surface area contributed by atoms with Crippen LogP contribution in [0.25, 0.3) is 0 Å². The number of rotatable bonds is 5. The maximum absolute atomic E-state index is 12.3. The molecule has 0 aliphatic carbocycles. The average molecular weight is 335 g/mol. The summed E-state index contributed by atoms with van der Waals surface area (Å²) in [5, 5.41) is 3.05. The van der Waals surface area contributed by atoms with Crippen LogP contribution < -0.4 is 5.32 Å². The van der Waals surface area contributed by atoms with Gasteiger partial charge in [0.15, 0.2) is 0 Å². The average Bonchev–Trinajstić information content (AvgIpc) is 3.21. The summed E-state index contributed by atoms with van der Waals surface area (Å²) in [6.07, 6.45) is 4.12. The van der Waals surface area contributed by atoms with Crippen molar-refractivity contribution in [3.8, 4) is 0 Å². The van der Waals surface area contributed by atoms with Crippen LogP contribution in [0.2, 0.25) is 0 Å². The molecular formula is C18H23ClN2O2. The molecule has 3 rings (SSSR count).